The lowest BCUT2D eigenvalue weighted by molar-refractivity contribution is -0.137. The Morgan fingerprint density at radius 3 is 2.59 bits per heavy atom. The number of benzene rings is 1. The standard InChI is InChI=1S/C25H23F3N8O/c1-15-5-6-16(23(37)34-20-12-17(7-8-29-20)25(26,27)28)11-18(15)33-22-21-19(31-14-32-22)13-30-24(35-21)36-9-3-2-4-10-36/h5-8,11-14H,2-4,9-10H2,1H3,(H,29,34,37)(H,31,32,33). The normalized spacial score (nSPS) is 14.0. The van der Waals surface area contributed by atoms with Gasteiger partial charge >= 0.3 is 6.18 Å². The minimum atomic E-state index is -4.54. The van der Waals surface area contributed by atoms with Crippen molar-refractivity contribution < 1.29 is 18.0 Å². The van der Waals surface area contributed by atoms with Crippen LogP contribution in [0, 0.1) is 6.92 Å². The number of hydrogen-bond donors (Lipinski definition) is 2. The Morgan fingerprint density at radius 1 is 1.00 bits per heavy atom. The molecular weight excluding hydrogens is 485 g/mol. The van der Waals surface area contributed by atoms with Gasteiger partial charge in [-0.15, -0.1) is 0 Å². The summed E-state index contributed by atoms with van der Waals surface area (Å²) in [7, 11) is 0. The van der Waals surface area contributed by atoms with E-state index in [1.54, 1.807) is 24.4 Å². The first-order valence-corrected chi connectivity index (χ1v) is 11.7. The van der Waals surface area contributed by atoms with Crippen molar-refractivity contribution in [2.45, 2.75) is 32.4 Å². The molecule has 0 bridgehead atoms. The Labute approximate surface area is 210 Å². The van der Waals surface area contributed by atoms with Crippen molar-refractivity contribution in [1.29, 1.82) is 0 Å². The molecule has 12 heteroatoms. The summed E-state index contributed by atoms with van der Waals surface area (Å²) in [6, 6.07) is 6.54. The zero-order valence-electron chi connectivity index (χ0n) is 19.9. The molecule has 3 aromatic heterocycles. The maximum atomic E-state index is 13.0. The molecule has 0 radical (unpaired) electrons. The monoisotopic (exact) mass is 508 g/mol. The maximum Gasteiger partial charge on any atom is 0.416 e. The molecule has 0 saturated carbocycles. The van der Waals surface area contributed by atoms with E-state index in [1.807, 2.05) is 6.92 Å². The number of fused-ring (bicyclic) bond motifs is 1. The van der Waals surface area contributed by atoms with Gasteiger partial charge in [0.2, 0.25) is 5.95 Å². The van der Waals surface area contributed by atoms with Gasteiger partial charge < -0.3 is 15.5 Å². The van der Waals surface area contributed by atoms with Crippen LogP contribution in [0.3, 0.4) is 0 Å². The Hall–Kier alpha value is -4.35. The number of alkyl halides is 3. The number of pyridine rings is 1. The molecule has 0 unspecified atom stereocenters. The fourth-order valence-corrected chi connectivity index (χ4v) is 4.07. The number of anilines is 4. The van der Waals surface area contributed by atoms with Crippen molar-refractivity contribution in [3.63, 3.8) is 0 Å². The highest BCUT2D eigenvalue weighted by atomic mass is 19.4. The van der Waals surface area contributed by atoms with Crippen molar-refractivity contribution >= 4 is 40.2 Å². The molecule has 0 aliphatic carbocycles. The minimum Gasteiger partial charge on any atom is -0.341 e. The van der Waals surface area contributed by atoms with Crippen LogP contribution in [-0.2, 0) is 6.18 Å². The zero-order valence-corrected chi connectivity index (χ0v) is 19.9. The molecule has 2 N–H and O–H groups in total. The number of nitrogens with one attached hydrogen (secondary N) is 2. The van der Waals surface area contributed by atoms with Crippen molar-refractivity contribution in [2.24, 2.45) is 0 Å². The van der Waals surface area contributed by atoms with Crippen LogP contribution in [0.5, 0.6) is 0 Å². The molecule has 4 heterocycles. The largest absolute Gasteiger partial charge is 0.416 e. The molecule has 190 valence electrons. The second kappa shape index (κ2) is 9.96. The predicted molar refractivity (Wildman–Crippen MR) is 133 cm³/mol. The molecule has 1 fully saturated rings. The number of halogens is 3. The van der Waals surface area contributed by atoms with Gasteiger partial charge in [0.1, 0.15) is 23.2 Å². The van der Waals surface area contributed by atoms with E-state index in [1.165, 1.54) is 12.7 Å². The molecule has 1 aliphatic rings. The van der Waals surface area contributed by atoms with Gasteiger partial charge in [-0.25, -0.2) is 24.9 Å². The van der Waals surface area contributed by atoms with E-state index in [4.69, 9.17) is 4.98 Å². The maximum absolute atomic E-state index is 13.0. The number of carbonyl (C=O) groups excluding carboxylic acids is 1. The van der Waals surface area contributed by atoms with Gasteiger partial charge in [0, 0.05) is 30.5 Å². The fourth-order valence-electron chi connectivity index (χ4n) is 4.07. The van der Waals surface area contributed by atoms with E-state index in [0.717, 1.165) is 49.8 Å². The van der Waals surface area contributed by atoms with Gasteiger partial charge in [0.05, 0.1) is 11.8 Å². The molecule has 1 aliphatic heterocycles. The highest BCUT2D eigenvalue weighted by Gasteiger charge is 2.31. The van der Waals surface area contributed by atoms with Crippen molar-refractivity contribution in [2.75, 3.05) is 28.6 Å². The lowest BCUT2D eigenvalue weighted by Crippen LogP contribution is -2.31. The number of aryl methyl sites for hydroxylation is 1. The molecule has 37 heavy (non-hydrogen) atoms. The van der Waals surface area contributed by atoms with Gasteiger partial charge in [0.25, 0.3) is 5.91 Å². The number of hydrogen-bond acceptors (Lipinski definition) is 8. The average Bonchev–Trinajstić information content (AvgIpc) is 2.90. The summed E-state index contributed by atoms with van der Waals surface area (Å²) >= 11 is 0. The first-order valence-electron chi connectivity index (χ1n) is 11.7. The van der Waals surface area contributed by atoms with E-state index < -0.39 is 17.6 Å². The molecule has 0 spiro atoms. The van der Waals surface area contributed by atoms with E-state index in [2.05, 4.69) is 35.5 Å². The second-order valence-electron chi connectivity index (χ2n) is 8.71. The van der Waals surface area contributed by atoms with E-state index in [0.29, 0.717) is 28.5 Å². The number of rotatable bonds is 5. The molecule has 5 rings (SSSR count). The second-order valence-corrected chi connectivity index (χ2v) is 8.71. The van der Waals surface area contributed by atoms with Gasteiger partial charge in [-0.05, 0) is 56.0 Å². The summed E-state index contributed by atoms with van der Waals surface area (Å²) in [5.41, 5.74) is 1.86. The summed E-state index contributed by atoms with van der Waals surface area (Å²) in [5, 5.41) is 5.65. The summed E-state index contributed by atoms with van der Waals surface area (Å²) in [6.45, 7) is 3.63. The molecule has 4 aromatic rings. The van der Waals surface area contributed by atoms with Crippen LogP contribution < -0.4 is 15.5 Å². The Bertz CT molecular complexity index is 1450. The molecular formula is C25H23F3N8O. The quantitative estimate of drug-likeness (QED) is 0.382. The number of piperidine rings is 1. The van der Waals surface area contributed by atoms with E-state index >= 15 is 0 Å². The predicted octanol–water partition coefficient (Wildman–Crippen LogP) is 5.13. The van der Waals surface area contributed by atoms with Crippen LogP contribution in [0.4, 0.5) is 36.4 Å². The third-order valence-corrected chi connectivity index (χ3v) is 6.09. The highest BCUT2D eigenvalue weighted by Crippen LogP contribution is 2.30. The van der Waals surface area contributed by atoms with E-state index in [9.17, 15) is 18.0 Å². The zero-order chi connectivity index (χ0) is 26.0. The number of nitrogens with zero attached hydrogens (tertiary/aromatic N) is 6. The smallest absolute Gasteiger partial charge is 0.341 e. The molecule has 0 atom stereocenters. The summed E-state index contributed by atoms with van der Waals surface area (Å²) in [6.07, 6.45) is 2.89. The molecule has 1 saturated heterocycles. The molecule has 9 nitrogen and oxygen atoms in total. The number of aromatic nitrogens is 5. The number of amides is 1. The Balaban J connectivity index is 1.41. The van der Waals surface area contributed by atoms with Crippen molar-refractivity contribution in [3.8, 4) is 0 Å². The van der Waals surface area contributed by atoms with Gasteiger partial charge in [-0.1, -0.05) is 6.07 Å². The lowest BCUT2D eigenvalue weighted by Gasteiger charge is -2.26. The number of carbonyl (C=O) groups is 1. The van der Waals surface area contributed by atoms with E-state index in [-0.39, 0.29) is 11.4 Å². The lowest BCUT2D eigenvalue weighted by atomic mass is 10.1. The van der Waals surface area contributed by atoms with Crippen LogP contribution in [0.25, 0.3) is 11.0 Å². The van der Waals surface area contributed by atoms with Crippen LogP contribution in [-0.4, -0.2) is 43.9 Å². The van der Waals surface area contributed by atoms with Crippen molar-refractivity contribution in [3.05, 3.63) is 65.7 Å². The van der Waals surface area contributed by atoms with Crippen LogP contribution >= 0.6 is 0 Å². The average molecular weight is 509 g/mol. The Morgan fingerprint density at radius 2 is 1.81 bits per heavy atom. The Kier molecular flexibility index (Phi) is 6.55. The summed E-state index contributed by atoms with van der Waals surface area (Å²) in [4.78, 5) is 36.6. The van der Waals surface area contributed by atoms with Crippen molar-refractivity contribution in [1.82, 2.24) is 24.9 Å². The van der Waals surface area contributed by atoms with Gasteiger partial charge in [0.15, 0.2) is 5.82 Å². The van der Waals surface area contributed by atoms with Gasteiger partial charge in [-0.3, -0.25) is 4.79 Å². The van der Waals surface area contributed by atoms with Crippen LogP contribution in [0.2, 0.25) is 0 Å². The third kappa shape index (κ3) is 5.42. The summed E-state index contributed by atoms with van der Waals surface area (Å²) < 4.78 is 39.0. The first kappa shape index (κ1) is 24.3. The first-order chi connectivity index (χ1) is 17.8. The minimum absolute atomic E-state index is 0.196. The third-order valence-electron chi connectivity index (χ3n) is 6.09. The fraction of sp³-hybridized carbons (Fsp3) is 0.280. The highest BCUT2D eigenvalue weighted by molar-refractivity contribution is 6.04. The van der Waals surface area contributed by atoms with Gasteiger partial charge in [-0.2, -0.15) is 13.2 Å². The SMILES string of the molecule is Cc1ccc(C(=O)Nc2cc(C(F)(F)F)ccn2)cc1Nc1ncnc2cnc(N3CCCCC3)nc12. The molecule has 1 aromatic carbocycles. The summed E-state index contributed by atoms with van der Waals surface area (Å²) in [5.74, 6) is 0.269. The van der Waals surface area contributed by atoms with Crippen LogP contribution in [0.1, 0.15) is 40.7 Å². The van der Waals surface area contributed by atoms with Crippen LogP contribution in [0.15, 0.2) is 49.1 Å². The topological polar surface area (TPSA) is 109 Å². The molecule has 1 amide bonds.